The van der Waals surface area contributed by atoms with Gasteiger partial charge in [0.05, 0.1) is 7.11 Å². The molecule has 4 heteroatoms. The smallest absolute Gasteiger partial charge is 0.250 e. The van der Waals surface area contributed by atoms with Crippen LogP contribution in [-0.2, 0) is 13.0 Å². The molecule has 0 unspecified atom stereocenters. The molecular formula is C16H27NO2Si. The van der Waals surface area contributed by atoms with E-state index in [1.165, 1.54) is 11.1 Å². The molecule has 3 nitrogen and oxygen atoms in total. The Labute approximate surface area is 123 Å². The zero-order valence-electron chi connectivity index (χ0n) is 13.6. The lowest BCUT2D eigenvalue weighted by molar-refractivity contribution is 0.384. The average Bonchev–Trinajstić information content (AvgIpc) is 2.36. The van der Waals surface area contributed by atoms with Gasteiger partial charge in [-0.05, 0) is 54.4 Å². The Kier molecular flexibility index (Phi) is 4.16. The third-order valence-corrected chi connectivity index (χ3v) is 8.89. The lowest BCUT2D eigenvalue weighted by atomic mass is 10.0. The fraction of sp³-hybridized carbons (Fsp3) is 0.625. The molecule has 1 aliphatic rings. The molecule has 1 N–H and O–H groups in total. The summed E-state index contributed by atoms with van der Waals surface area (Å²) in [5.41, 5.74) is 2.72. The summed E-state index contributed by atoms with van der Waals surface area (Å²) in [7, 11) is -0.116. The average molecular weight is 293 g/mol. The van der Waals surface area contributed by atoms with E-state index in [0.717, 1.165) is 31.0 Å². The highest BCUT2D eigenvalue weighted by atomic mass is 28.4. The van der Waals surface area contributed by atoms with Crippen molar-refractivity contribution in [3.05, 3.63) is 23.3 Å². The molecule has 0 aromatic heterocycles. The summed E-state index contributed by atoms with van der Waals surface area (Å²) in [5.74, 6) is 1.78. The fourth-order valence-electron chi connectivity index (χ4n) is 2.15. The summed E-state index contributed by atoms with van der Waals surface area (Å²) in [5, 5.41) is 3.60. The van der Waals surface area contributed by atoms with Gasteiger partial charge in [-0.3, -0.25) is 0 Å². The van der Waals surface area contributed by atoms with Gasteiger partial charge in [-0.25, -0.2) is 0 Å². The second-order valence-electron chi connectivity index (χ2n) is 7.06. The molecule has 2 rings (SSSR count). The third-order valence-electron chi connectivity index (χ3n) is 4.54. The van der Waals surface area contributed by atoms with Crippen molar-refractivity contribution < 1.29 is 9.16 Å². The van der Waals surface area contributed by atoms with Crippen LogP contribution in [0, 0.1) is 0 Å². The first kappa shape index (κ1) is 15.4. The molecule has 112 valence electrons. The van der Waals surface area contributed by atoms with Crippen molar-refractivity contribution in [1.82, 2.24) is 5.32 Å². The molecule has 0 saturated heterocycles. The van der Waals surface area contributed by atoms with Gasteiger partial charge in [0.15, 0.2) is 5.75 Å². The van der Waals surface area contributed by atoms with Crippen LogP contribution in [0.5, 0.6) is 11.5 Å². The normalized spacial score (nSPS) is 15.7. The summed E-state index contributed by atoms with van der Waals surface area (Å²) in [6.07, 6.45) is 1.06. The molecule has 0 bridgehead atoms. The van der Waals surface area contributed by atoms with Crippen LogP contribution < -0.4 is 14.5 Å². The number of rotatable bonds is 3. The van der Waals surface area contributed by atoms with E-state index in [4.69, 9.17) is 9.16 Å². The van der Waals surface area contributed by atoms with Gasteiger partial charge in [-0.2, -0.15) is 0 Å². The number of ether oxygens (including phenoxy) is 1. The molecule has 1 aromatic rings. The number of benzene rings is 1. The Morgan fingerprint density at radius 1 is 1.10 bits per heavy atom. The van der Waals surface area contributed by atoms with Crippen LogP contribution in [0.4, 0.5) is 0 Å². The van der Waals surface area contributed by atoms with Gasteiger partial charge in [-0.1, -0.05) is 20.8 Å². The number of nitrogens with one attached hydrogen (secondary N) is 1. The molecule has 0 spiro atoms. The SMILES string of the molecule is COc1cc2c(cc1O[Si](C)(C)C(C)(C)C)CNCC2. The molecule has 1 heterocycles. The van der Waals surface area contributed by atoms with E-state index in [-0.39, 0.29) is 5.04 Å². The third kappa shape index (κ3) is 3.01. The zero-order valence-corrected chi connectivity index (χ0v) is 14.6. The van der Waals surface area contributed by atoms with E-state index in [1.54, 1.807) is 7.11 Å². The molecule has 0 saturated carbocycles. The van der Waals surface area contributed by atoms with Crippen LogP contribution >= 0.6 is 0 Å². The number of methoxy groups -OCH3 is 1. The van der Waals surface area contributed by atoms with E-state index < -0.39 is 8.32 Å². The largest absolute Gasteiger partial charge is 0.541 e. The zero-order chi connectivity index (χ0) is 15.0. The fourth-order valence-corrected chi connectivity index (χ4v) is 3.17. The van der Waals surface area contributed by atoms with Crippen molar-refractivity contribution in [1.29, 1.82) is 0 Å². The highest BCUT2D eigenvalue weighted by molar-refractivity contribution is 6.74. The van der Waals surface area contributed by atoms with Gasteiger partial charge in [0.25, 0.3) is 8.32 Å². The lowest BCUT2D eigenvalue weighted by Gasteiger charge is -2.37. The van der Waals surface area contributed by atoms with E-state index in [2.05, 4.69) is 51.3 Å². The van der Waals surface area contributed by atoms with E-state index >= 15 is 0 Å². The first-order chi connectivity index (χ1) is 9.24. The Balaban J connectivity index is 2.36. The van der Waals surface area contributed by atoms with Gasteiger partial charge >= 0.3 is 0 Å². The van der Waals surface area contributed by atoms with Crippen molar-refractivity contribution in [3.8, 4) is 11.5 Å². The van der Waals surface area contributed by atoms with Gasteiger partial charge in [-0.15, -0.1) is 0 Å². The standard InChI is InChI=1S/C16H27NO2Si/c1-16(2,3)20(5,6)19-15-10-13-11-17-8-7-12(13)9-14(15)18-4/h9-10,17H,7-8,11H2,1-6H3. The maximum Gasteiger partial charge on any atom is 0.250 e. The van der Waals surface area contributed by atoms with Crippen LogP contribution in [-0.4, -0.2) is 22.0 Å². The van der Waals surface area contributed by atoms with Gasteiger partial charge in [0.2, 0.25) is 0 Å². The molecule has 0 aliphatic carbocycles. The molecular weight excluding hydrogens is 266 g/mol. The minimum absolute atomic E-state index is 0.187. The van der Waals surface area contributed by atoms with Gasteiger partial charge in [0.1, 0.15) is 5.75 Å². The Morgan fingerprint density at radius 2 is 1.75 bits per heavy atom. The Hall–Kier alpha value is -1.00. The molecule has 0 radical (unpaired) electrons. The second-order valence-corrected chi connectivity index (χ2v) is 11.8. The summed E-state index contributed by atoms with van der Waals surface area (Å²) in [4.78, 5) is 0. The van der Waals surface area contributed by atoms with E-state index in [0.29, 0.717) is 0 Å². The topological polar surface area (TPSA) is 30.5 Å². The highest BCUT2D eigenvalue weighted by Gasteiger charge is 2.39. The highest BCUT2D eigenvalue weighted by Crippen LogP contribution is 2.41. The molecule has 0 amide bonds. The van der Waals surface area contributed by atoms with Crippen molar-refractivity contribution >= 4 is 8.32 Å². The van der Waals surface area contributed by atoms with Gasteiger partial charge in [0, 0.05) is 6.54 Å². The number of hydrogen-bond donors (Lipinski definition) is 1. The summed E-state index contributed by atoms with van der Waals surface area (Å²) < 4.78 is 12.0. The van der Waals surface area contributed by atoms with E-state index in [1.807, 2.05) is 0 Å². The second kappa shape index (κ2) is 5.41. The molecule has 1 aromatic carbocycles. The quantitative estimate of drug-likeness (QED) is 0.862. The van der Waals surface area contributed by atoms with Crippen LogP contribution in [0.25, 0.3) is 0 Å². The first-order valence-corrected chi connectivity index (χ1v) is 10.2. The predicted octanol–water partition coefficient (Wildman–Crippen LogP) is 3.72. The molecule has 0 fully saturated rings. The van der Waals surface area contributed by atoms with Crippen LogP contribution in [0.2, 0.25) is 18.1 Å². The van der Waals surface area contributed by atoms with Crippen molar-refractivity contribution in [2.24, 2.45) is 0 Å². The predicted molar refractivity (Wildman–Crippen MR) is 86.2 cm³/mol. The summed E-state index contributed by atoms with van der Waals surface area (Å²) in [6.45, 7) is 13.3. The first-order valence-electron chi connectivity index (χ1n) is 7.34. The van der Waals surface area contributed by atoms with Crippen LogP contribution in [0.1, 0.15) is 31.9 Å². The van der Waals surface area contributed by atoms with Gasteiger partial charge < -0.3 is 14.5 Å². The minimum Gasteiger partial charge on any atom is -0.541 e. The molecule has 0 atom stereocenters. The van der Waals surface area contributed by atoms with Crippen molar-refractivity contribution in [2.75, 3.05) is 13.7 Å². The Bertz CT molecular complexity index is 492. The van der Waals surface area contributed by atoms with Crippen LogP contribution in [0.3, 0.4) is 0 Å². The number of hydrogen-bond acceptors (Lipinski definition) is 3. The molecule has 20 heavy (non-hydrogen) atoms. The van der Waals surface area contributed by atoms with E-state index in [9.17, 15) is 0 Å². The number of fused-ring (bicyclic) bond motifs is 1. The van der Waals surface area contributed by atoms with Crippen LogP contribution in [0.15, 0.2) is 12.1 Å². The van der Waals surface area contributed by atoms with Crippen molar-refractivity contribution in [2.45, 2.75) is 51.9 Å². The Morgan fingerprint density at radius 3 is 2.35 bits per heavy atom. The summed E-state index contributed by atoms with van der Waals surface area (Å²) >= 11 is 0. The monoisotopic (exact) mass is 293 g/mol. The maximum absolute atomic E-state index is 6.44. The maximum atomic E-state index is 6.44. The molecule has 1 aliphatic heterocycles. The van der Waals surface area contributed by atoms with Crippen molar-refractivity contribution in [3.63, 3.8) is 0 Å². The summed E-state index contributed by atoms with van der Waals surface area (Å²) in [6, 6.07) is 4.32. The lowest BCUT2D eigenvalue weighted by Crippen LogP contribution is -2.44. The minimum atomic E-state index is -1.84.